The van der Waals surface area contributed by atoms with Gasteiger partial charge in [0.2, 0.25) is 5.95 Å². The highest BCUT2D eigenvalue weighted by atomic mass is 19.4. The topological polar surface area (TPSA) is 62.3 Å². The summed E-state index contributed by atoms with van der Waals surface area (Å²) in [5, 5.41) is 5.78. The normalized spacial score (nSPS) is 18.2. The molecule has 0 bridgehead atoms. The Hall–Kier alpha value is -1.61. The monoisotopic (exact) mass is 347 g/mol. The van der Waals surface area contributed by atoms with Crippen LogP contribution in [-0.2, 0) is 10.9 Å². The van der Waals surface area contributed by atoms with Gasteiger partial charge in [-0.1, -0.05) is 0 Å². The average molecular weight is 347 g/mol. The lowest BCUT2D eigenvalue weighted by atomic mass is 10.2. The molecule has 1 aliphatic rings. The molecule has 0 aromatic carbocycles. The summed E-state index contributed by atoms with van der Waals surface area (Å²) < 4.78 is 44.5. The summed E-state index contributed by atoms with van der Waals surface area (Å²) in [6.07, 6.45) is -1.83. The predicted molar refractivity (Wildman–Crippen MR) is 86.2 cm³/mol. The van der Waals surface area contributed by atoms with Crippen LogP contribution in [0.5, 0.6) is 0 Å². The average Bonchev–Trinajstić information content (AvgIpc) is 3.02. The Morgan fingerprint density at radius 2 is 2.08 bits per heavy atom. The molecular weight excluding hydrogens is 323 g/mol. The quantitative estimate of drug-likeness (QED) is 0.705. The second kappa shape index (κ2) is 8.48. The summed E-state index contributed by atoms with van der Waals surface area (Å²) in [6.45, 7) is 2.47. The Kier molecular flexibility index (Phi) is 6.61. The molecule has 1 aromatic heterocycles. The summed E-state index contributed by atoms with van der Waals surface area (Å²) in [6, 6.07) is 0.931. The maximum atomic E-state index is 13.0. The van der Waals surface area contributed by atoms with Crippen molar-refractivity contribution in [3.63, 3.8) is 0 Å². The Morgan fingerprint density at radius 3 is 2.71 bits per heavy atom. The Morgan fingerprint density at radius 1 is 1.29 bits per heavy atom. The molecule has 9 heteroatoms. The van der Waals surface area contributed by atoms with Crippen molar-refractivity contribution >= 4 is 11.8 Å². The van der Waals surface area contributed by atoms with Crippen molar-refractivity contribution in [2.45, 2.75) is 31.5 Å². The zero-order valence-corrected chi connectivity index (χ0v) is 14.0. The molecule has 0 unspecified atom stereocenters. The number of hydrogen-bond acceptors (Lipinski definition) is 6. The molecule has 0 spiro atoms. The first-order valence-electron chi connectivity index (χ1n) is 8.05. The maximum Gasteiger partial charge on any atom is 0.433 e. The number of aromatic nitrogens is 2. The van der Waals surface area contributed by atoms with Crippen LogP contribution in [-0.4, -0.2) is 61.3 Å². The third kappa shape index (κ3) is 6.12. The van der Waals surface area contributed by atoms with E-state index in [-0.39, 0.29) is 17.9 Å². The molecule has 1 aliphatic heterocycles. The second-order valence-corrected chi connectivity index (χ2v) is 6.06. The summed E-state index contributed by atoms with van der Waals surface area (Å²) in [4.78, 5) is 9.69. The fourth-order valence-electron chi connectivity index (χ4n) is 2.38. The van der Waals surface area contributed by atoms with Gasteiger partial charge in [0.25, 0.3) is 0 Å². The Bertz CT molecular complexity index is 518. The standard InChI is InChI=1S/C15H24F3N5O/c1-23(2)7-4-6-19-14-21-12(15(16,17)18)9-13(22-14)20-10-11-5-3-8-24-11/h9,11H,3-8,10H2,1-2H3,(H2,19,20,21,22)/t11-/m0/s1. The number of hydrogen-bond donors (Lipinski definition) is 2. The van der Waals surface area contributed by atoms with E-state index in [2.05, 4.69) is 20.6 Å². The van der Waals surface area contributed by atoms with Crippen LogP contribution in [0.15, 0.2) is 6.07 Å². The Labute approximate surface area is 139 Å². The SMILES string of the molecule is CN(C)CCCNc1nc(NC[C@@H]2CCCO2)cc(C(F)(F)F)n1. The van der Waals surface area contributed by atoms with Crippen LogP contribution in [0.2, 0.25) is 0 Å². The molecule has 0 radical (unpaired) electrons. The highest BCUT2D eigenvalue weighted by molar-refractivity contribution is 5.43. The summed E-state index contributed by atoms with van der Waals surface area (Å²) in [7, 11) is 3.88. The molecule has 136 valence electrons. The number of nitrogens with one attached hydrogen (secondary N) is 2. The van der Waals surface area contributed by atoms with Crippen molar-refractivity contribution in [2.24, 2.45) is 0 Å². The van der Waals surface area contributed by atoms with Gasteiger partial charge in [-0.05, 0) is 39.9 Å². The van der Waals surface area contributed by atoms with Crippen molar-refractivity contribution in [3.05, 3.63) is 11.8 Å². The van der Waals surface area contributed by atoms with Gasteiger partial charge in [-0.25, -0.2) is 4.98 Å². The third-order valence-electron chi connectivity index (χ3n) is 3.62. The minimum atomic E-state index is -4.51. The molecule has 0 amide bonds. The zero-order valence-electron chi connectivity index (χ0n) is 14.0. The molecule has 1 saturated heterocycles. The van der Waals surface area contributed by atoms with E-state index in [0.717, 1.165) is 31.9 Å². The van der Waals surface area contributed by atoms with Gasteiger partial charge in [0.05, 0.1) is 6.10 Å². The summed E-state index contributed by atoms with van der Waals surface area (Å²) in [5.41, 5.74) is -0.956. The van der Waals surface area contributed by atoms with Gasteiger partial charge in [-0.3, -0.25) is 0 Å². The molecular formula is C15H24F3N5O. The predicted octanol–water partition coefficient (Wildman–Crippen LogP) is 2.45. The van der Waals surface area contributed by atoms with Crippen molar-refractivity contribution < 1.29 is 17.9 Å². The summed E-state index contributed by atoms with van der Waals surface area (Å²) in [5.74, 6) is 0.140. The zero-order chi connectivity index (χ0) is 17.6. The van der Waals surface area contributed by atoms with Crippen LogP contribution >= 0.6 is 0 Å². The molecule has 1 fully saturated rings. The molecule has 2 N–H and O–H groups in total. The van der Waals surface area contributed by atoms with E-state index in [1.165, 1.54) is 0 Å². The number of anilines is 2. The minimum Gasteiger partial charge on any atom is -0.376 e. The fraction of sp³-hybridized carbons (Fsp3) is 0.733. The molecule has 1 atom stereocenters. The lowest BCUT2D eigenvalue weighted by Gasteiger charge is -2.15. The van der Waals surface area contributed by atoms with Gasteiger partial charge in [-0.15, -0.1) is 0 Å². The number of nitrogens with zero attached hydrogens (tertiary/aromatic N) is 3. The van der Waals surface area contributed by atoms with E-state index >= 15 is 0 Å². The van der Waals surface area contributed by atoms with Crippen molar-refractivity contribution in [1.82, 2.24) is 14.9 Å². The Balaban J connectivity index is 2.00. The summed E-state index contributed by atoms with van der Waals surface area (Å²) >= 11 is 0. The molecule has 1 aromatic rings. The first-order valence-corrected chi connectivity index (χ1v) is 8.05. The van der Waals surface area contributed by atoms with E-state index in [9.17, 15) is 13.2 Å². The number of rotatable bonds is 8. The van der Waals surface area contributed by atoms with E-state index in [1.807, 2.05) is 19.0 Å². The van der Waals surface area contributed by atoms with Crippen LogP contribution in [0, 0.1) is 0 Å². The highest BCUT2D eigenvalue weighted by Crippen LogP contribution is 2.29. The van der Waals surface area contributed by atoms with Crippen LogP contribution in [0.3, 0.4) is 0 Å². The van der Waals surface area contributed by atoms with Crippen LogP contribution in [0.1, 0.15) is 25.0 Å². The van der Waals surface area contributed by atoms with Crippen molar-refractivity contribution in [1.29, 1.82) is 0 Å². The van der Waals surface area contributed by atoms with Crippen LogP contribution < -0.4 is 10.6 Å². The third-order valence-corrected chi connectivity index (χ3v) is 3.62. The molecule has 2 rings (SSSR count). The van der Waals surface area contributed by atoms with Gasteiger partial charge in [-0.2, -0.15) is 18.2 Å². The molecule has 0 saturated carbocycles. The molecule has 2 heterocycles. The van der Waals surface area contributed by atoms with E-state index in [4.69, 9.17) is 4.74 Å². The number of halogens is 3. The van der Waals surface area contributed by atoms with Gasteiger partial charge in [0.1, 0.15) is 5.82 Å². The molecule has 6 nitrogen and oxygen atoms in total. The second-order valence-electron chi connectivity index (χ2n) is 6.06. The first-order chi connectivity index (χ1) is 11.3. The van der Waals surface area contributed by atoms with Gasteiger partial charge < -0.3 is 20.3 Å². The smallest absolute Gasteiger partial charge is 0.376 e. The minimum absolute atomic E-state index is 0.0154. The van der Waals surface area contributed by atoms with Crippen molar-refractivity contribution in [2.75, 3.05) is 51.0 Å². The fourth-order valence-corrected chi connectivity index (χ4v) is 2.38. The van der Waals surface area contributed by atoms with Gasteiger partial charge in [0.15, 0.2) is 5.69 Å². The maximum absolute atomic E-state index is 13.0. The van der Waals surface area contributed by atoms with E-state index in [0.29, 0.717) is 19.7 Å². The number of alkyl halides is 3. The van der Waals surface area contributed by atoms with Crippen LogP contribution in [0.4, 0.5) is 24.9 Å². The van der Waals surface area contributed by atoms with Gasteiger partial charge in [0, 0.05) is 25.8 Å². The largest absolute Gasteiger partial charge is 0.433 e. The lowest BCUT2D eigenvalue weighted by Crippen LogP contribution is -2.21. The van der Waals surface area contributed by atoms with Gasteiger partial charge >= 0.3 is 6.18 Å². The van der Waals surface area contributed by atoms with E-state index < -0.39 is 11.9 Å². The lowest BCUT2D eigenvalue weighted by molar-refractivity contribution is -0.141. The molecule has 0 aliphatic carbocycles. The molecule has 24 heavy (non-hydrogen) atoms. The number of ether oxygens (including phenoxy) is 1. The van der Waals surface area contributed by atoms with E-state index in [1.54, 1.807) is 0 Å². The highest BCUT2D eigenvalue weighted by Gasteiger charge is 2.33. The van der Waals surface area contributed by atoms with Crippen LogP contribution in [0.25, 0.3) is 0 Å². The van der Waals surface area contributed by atoms with Crippen molar-refractivity contribution in [3.8, 4) is 0 Å². The first kappa shape index (κ1) is 18.7.